The Morgan fingerprint density at radius 3 is 1.84 bits per heavy atom. The van der Waals surface area contributed by atoms with E-state index in [0.29, 0.717) is 53.9 Å². The summed E-state index contributed by atoms with van der Waals surface area (Å²) in [5, 5.41) is 0. The van der Waals surface area contributed by atoms with E-state index in [-0.39, 0.29) is 12.0 Å². The number of hydrogen-bond acceptors (Lipinski definition) is 7. The Bertz CT molecular complexity index is 1700. The lowest BCUT2D eigenvalue weighted by atomic mass is 9.99. The maximum absolute atomic E-state index is 12.9. The molecule has 1 heterocycles. The predicted molar refractivity (Wildman–Crippen MR) is 164 cm³/mol. The zero-order chi connectivity index (χ0) is 30.5. The third-order valence-electron chi connectivity index (χ3n) is 7.67. The van der Waals surface area contributed by atoms with Crippen molar-refractivity contribution >= 4 is 17.6 Å². The standard InChI is InChI=1S/C36H31NO7/c1-23-33-19-28(43-35(38)24-5-9-26(37-2)10-6-24)13-15-31(33)32-16-14-29(20-34(23)32)44-36(39)25-7-11-27(12-8-25)41-18-4-3-17-40-21-30-22-42-30/h5-16,19-20,23,30H,3-4,17-18,21-22H2,1H3. The van der Waals surface area contributed by atoms with Crippen molar-refractivity contribution in [2.24, 2.45) is 0 Å². The molecule has 1 fully saturated rings. The minimum Gasteiger partial charge on any atom is -0.494 e. The van der Waals surface area contributed by atoms with Crippen molar-refractivity contribution in [2.75, 3.05) is 26.4 Å². The maximum atomic E-state index is 12.9. The number of carbonyl (C=O) groups excluding carboxylic acids is 2. The Morgan fingerprint density at radius 2 is 1.30 bits per heavy atom. The lowest BCUT2D eigenvalue weighted by molar-refractivity contribution is 0.0725. The molecule has 8 nitrogen and oxygen atoms in total. The van der Waals surface area contributed by atoms with Gasteiger partial charge in [0.1, 0.15) is 23.4 Å². The van der Waals surface area contributed by atoms with Crippen molar-refractivity contribution in [1.29, 1.82) is 0 Å². The van der Waals surface area contributed by atoms with E-state index in [1.165, 1.54) is 0 Å². The monoisotopic (exact) mass is 589 g/mol. The second kappa shape index (κ2) is 13.1. The van der Waals surface area contributed by atoms with E-state index >= 15 is 0 Å². The molecule has 0 N–H and O–H groups in total. The molecule has 0 spiro atoms. The van der Waals surface area contributed by atoms with Crippen molar-refractivity contribution in [3.8, 4) is 28.4 Å². The van der Waals surface area contributed by atoms with Crippen LogP contribution in [0.4, 0.5) is 5.69 Å². The molecule has 0 aromatic heterocycles. The second-order valence-electron chi connectivity index (χ2n) is 10.8. The molecule has 222 valence electrons. The van der Waals surface area contributed by atoms with Gasteiger partial charge in [0.05, 0.1) is 37.5 Å². The molecule has 44 heavy (non-hydrogen) atoms. The van der Waals surface area contributed by atoms with E-state index < -0.39 is 11.9 Å². The van der Waals surface area contributed by atoms with Crippen LogP contribution >= 0.6 is 0 Å². The molecular formula is C36H31NO7. The van der Waals surface area contributed by atoms with Crippen LogP contribution in [-0.4, -0.2) is 44.5 Å². The Hall–Kier alpha value is -4.97. The van der Waals surface area contributed by atoms with Crippen molar-refractivity contribution in [1.82, 2.24) is 0 Å². The largest absolute Gasteiger partial charge is 0.494 e. The normalized spacial score (nSPS) is 15.9. The molecule has 8 heteroatoms. The first-order valence-corrected chi connectivity index (χ1v) is 14.6. The molecule has 4 aromatic rings. The van der Waals surface area contributed by atoms with Crippen LogP contribution in [0, 0.1) is 6.57 Å². The highest BCUT2D eigenvalue weighted by molar-refractivity contribution is 5.92. The van der Waals surface area contributed by atoms with E-state index in [0.717, 1.165) is 41.7 Å². The lowest BCUT2D eigenvalue weighted by Crippen LogP contribution is -2.09. The van der Waals surface area contributed by atoms with Gasteiger partial charge in [0.2, 0.25) is 0 Å². The van der Waals surface area contributed by atoms with Gasteiger partial charge < -0.3 is 23.7 Å². The van der Waals surface area contributed by atoms with Crippen LogP contribution in [0.15, 0.2) is 84.9 Å². The van der Waals surface area contributed by atoms with E-state index in [1.54, 1.807) is 60.7 Å². The summed E-state index contributed by atoms with van der Waals surface area (Å²) in [7, 11) is 0. The number of unbranched alkanes of at least 4 members (excludes halogenated alkanes) is 1. The topological polar surface area (TPSA) is 88.0 Å². The Balaban J connectivity index is 1.03. The molecule has 1 aliphatic carbocycles. The summed E-state index contributed by atoms with van der Waals surface area (Å²) in [6, 6.07) is 24.5. The van der Waals surface area contributed by atoms with Crippen LogP contribution in [0.2, 0.25) is 0 Å². The van der Waals surface area contributed by atoms with Crippen molar-refractivity contribution in [3.05, 3.63) is 119 Å². The summed E-state index contributed by atoms with van der Waals surface area (Å²) < 4.78 is 27.8. The van der Waals surface area contributed by atoms with E-state index in [2.05, 4.69) is 11.8 Å². The van der Waals surface area contributed by atoms with Gasteiger partial charge >= 0.3 is 11.9 Å². The van der Waals surface area contributed by atoms with Crippen LogP contribution < -0.4 is 14.2 Å². The molecule has 0 radical (unpaired) electrons. The fourth-order valence-corrected chi connectivity index (χ4v) is 5.15. The molecule has 0 amide bonds. The average molecular weight is 590 g/mol. The van der Waals surface area contributed by atoms with Crippen LogP contribution in [-0.2, 0) is 9.47 Å². The summed E-state index contributed by atoms with van der Waals surface area (Å²) in [6.07, 6.45) is 2.08. The van der Waals surface area contributed by atoms with E-state index in [4.69, 9.17) is 30.3 Å². The summed E-state index contributed by atoms with van der Waals surface area (Å²) in [4.78, 5) is 28.9. The molecule has 2 aliphatic rings. The van der Waals surface area contributed by atoms with Gasteiger partial charge in [0.15, 0.2) is 5.69 Å². The van der Waals surface area contributed by atoms with E-state index in [9.17, 15) is 9.59 Å². The van der Waals surface area contributed by atoms with Crippen molar-refractivity contribution in [2.45, 2.75) is 31.8 Å². The van der Waals surface area contributed by atoms with E-state index in [1.807, 2.05) is 24.3 Å². The quantitative estimate of drug-likeness (QED) is 0.0560. The van der Waals surface area contributed by atoms with Gasteiger partial charge in [-0.25, -0.2) is 14.4 Å². The van der Waals surface area contributed by atoms with Crippen LogP contribution in [0.1, 0.15) is 57.5 Å². The number of ether oxygens (including phenoxy) is 5. The van der Waals surface area contributed by atoms with Gasteiger partial charge in [0, 0.05) is 12.5 Å². The van der Waals surface area contributed by atoms with Crippen molar-refractivity contribution in [3.63, 3.8) is 0 Å². The number of nitrogens with zero attached hydrogens (tertiary/aromatic N) is 1. The molecule has 6 rings (SSSR count). The van der Waals surface area contributed by atoms with Gasteiger partial charge in [-0.2, -0.15) is 0 Å². The Morgan fingerprint density at radius 1 is 0.773 bits per heavy atom. The zero-order valence-corrected chi connectivity index (χ0v) is 24.3. The molecule has 1 aliphatic heterocycles. The Kier molecular flexibility index (Phi) is 8.69. The molecule has 0 bridgehead atoms. The first kappa shape index (κ1) is 29.1. The third-order valence-corrected chi connectivity index (χ3v) is 7.67. The summed E-state index contributed by atoms with van der Waals surface area (Å²) in [5.74, 6) is 0.662. The molecule has 2 unspecified atom stereocenters. The lowest BCUT2D eigenvalue weighted by Gasteiger charge is -2.10. The van der Waals surface area contributed by atoms with Gasteiger partial charge in [-0.3, -0.25) is 0 Å². The van der Waals surface area contributed by atoms with Crippen molar-refractivity contribution < 1.29 is 33.3 Å². The number of hydrogen-bond donors (Lipinski definition) is 0. The maximum Gasteiger partial charge on any atom is 0.343 e. The number of epoxide rings is 1. The highest BCUT2D eigenvalue weighted by Gasteiger charge is 2.27. The molecule has 4 aromatic carbocycles. The summed E-state index contributed by atoms with van der Waals surface area (Å²) in [6.45, 7) is 11.9. The first-order chi connectivity index (χ1) is 21.5. The fraction of sp³-hybridized carbons (Fsp3) is 0.250. The van der Waals surface area contributed by atoms with Crippen LogP contribution in [0.3, 0.4) is 0 Å². The van der Waals surface area contributed by atoms with Gasteiger partial charge in [0.25, 0.3) is 0 Å². The van der Waals surface area contributed by atoms with Crippen LogP contribution in [0.25, 0.3) is 16.0 Å². The van der Waals surface area contributed by atoms with Crippen LogP contribution in [0.5, 0.6) is 17.2 Å². The smallest absolute Gasteiger partial charge is 0.343 e. The highest BCUT2D eigenvalue weighted by atomic mass is 16.6. The third kappa shape index (κ3) is 6.81. The number of esters is 2. The Labute approximate surface area is 255 Å². The number of carbonyl (C=O) groups is 2. The van der Waals surface area contributed by atoms with Gasteiger partial charge in [-0.1, -0.05) is 43.3 Å². The second-order valence-corrected chi connectivity index (χ2v) is 10.8. The highest BCUT2D eigenvalue weighted by Crippen LogP contribution is 2.47. The molecule has 1 saturated heterocycles. The number of rotatable bonds is 12. The summed E-state index contributed by atoms with van der Waals surface area (Å²) >= 11 is 0. The molecule has 2 atom stereocenters. The summed E-state index contributed by atoms with van der Waals surface area (Å²) in [5.41, 5.74) is 5.40. The zero-order valence-electron chi connectivity index (χ0n) is 24.3. The minimum absolute atomic E-state index is 0.00506. The minimum atomic E-state index is -0.487. The fourth-order valence-electron chi connectivity index (χ4n) is 5.15. The molecule has 0 saturated carbocycles. The SMILES string of the molecule is [C-]#[N+]c1ccc(C(=O)Oc2ccc3c(c2)C(C)c2cc(OC(=O)c4ccc(OCCCCOCC5CO5)cc4)ccc2-3)cc1. The average Bonchev–Trinajstić information content (AvgIpc) is 3.84. The predicted octanol–water partition coefficient (Wildman–Crippen LogP) is 7.38. The van der Waals surface area contributed by atoms with Gasteiger partial charge in [-0.15, -0.1) is 0 Å². The number of benzene rings is 4. The number of fused-ring (bicyclic) bond motifs is 3. The van der Waals surface area contributed by atoms with Gasteiger partial charge in [-0.05, 0) is 83.6 Å². The molecular weight excluding hydrogens is 558 g/mol. The first-order valence-electron chi connectivity index (χ1n) is 14.6.